The van der Waals surface area contributed by atoms with Crippen LogP contribution in [0.2, 0.25) is 0 Å². The fourth-order valence-electron chi connectivity index (χ4n) is 5.38. The van der Waals surface area contributed by atoms with E-state index in [0.29, 0.717) is 0 Å². The number of hydrogen-bond donors (Lipinski definition) is 7. The topological polar surface area (TPSA) is 352 Å². The quantitative estimate of drug-likeness (QED) is 0.0996. The van der Waals surface area contributed by atoms with Crippen molar-refractivity contribution in [3.8, 4) is 0 Å². The van der Waals surface area contributed by atoms with Crippen LogP contribution in [0.4, 0.5) is 11.9 Å². The van der Waals surface area contributed by atoms with E-state index in [2.05, 4.69) is 29.9 Å². The van der Waals surface area contributed by atoms with Crippen LogP contribution in [-0.2, 0) is 36.7 Å². The lowest BCUT2D eigenvalue weighted by atomic mass is 10.1. The van der Waals surface area contributed by atoms with Gasteiger partial charge in [0.1, 0.15) is 36.6 Å². The highest BCUT2D eigenvalue weighted by Crippen LogP contribution is 2.52. The van der Waals surface area contributed by atoms with Crippen molar-refractivity contribution in [1.82, 2.24) is 39.0 Å². The summed E-state index contributed by atoms with van der Waals surface area (Å²) in [6, 6.07) is 0. The maximum absolute atomic E-state index is 13.1. The smallest absolute Gasteiger partial charge is 0.472 e. The van der Waals surface area contributed by atoms with Gasteiger partial charge in [0.15, 0.2) is 34.8 Å². The molecule has 248 valence electrons. The van der Waals surface area contributed by atoms with E-state index >= 15 is 0 Å². The molecule has 3 aliphatic heterocycles. The van der Waals surface area contributed by atoms with Crippen molar-refractivity contribution in [3.05, 3.63) is 33.4 Å². The maximum Gasteiger partial charge on any atom is 0.472 e. The number of imidazole rings is 2. The number of H-pyrrole nitrogens is 2. The van der Waals surface area contributed by atoms with E-state index in [-0.39, 0.29) is 34.2 Å². The molecule has 4 aromatic heterocycles. The van der Waals surface area contributed by atoms with Gasteiger partial charge in [0, 0.05) is 0 Å². The Kier molecular flexibility index (Phi) is 7.39. The maximum atomic E-state index is 13.1. The molecule has 9 N–H and O–H groups in total. The molecule has 0 aromatic carbocycles. The van der Waals surface area contributed by atoms with Gasteiger partial charge in [-0.1, -0.05) is 0 Å². The predicted molar refractivity (Wildman–Crippen MR) is 144 cm³/mol. The van der Waals surface area contributed by atoms with Crippen LogP contribution in [0, 0.1) is 0 Å². The molecule has 4 aromatic rings. The first kappa shape index (κ1) is 31.0. The van der Waals surface area contributed by atoms with Crippen LogP contribution >= 0.6 is 15.6 Å². The van der Waals surface area contributed by atoms with Gasteiger partial charge in [0.25, 0.3) is 18.9 Å². The first-order valence-corrected chi connectivity index (χ1v) is 16.1. The summed E-state index contributed by atoms with van der Waals surface area (Å²) in [6.45, 7) is -1.83. The minimum Gasteiger partial charge on any atom is -0.756 e. The molecule has 24 nitrogen and oxygen atoms in total. The molecule has 0 aliphatic carbocycles. The molecule has 0 saturated carbocycles. The summed E-state index contributed by atoms with van der Waals surface area (Å²) in [5, 5.41) is 22.2. The fraction of sp³-hybridized carbons (Fsp3) is 0.500. The lowest BCUT2D eigenvalue weighted by Crippen LogP contribution is -2.40. The molecular formula is C20H23N10O14P2-. The molecule has 3 fully saturated rings. The summed E-state index contributed by atoms with van der Waals surface area (Å²) >= 11 is 0. The van der Waals surface area contributed by atoms with E-state index in [1.165, 1.54) is 0 Å². The van der Waals surface area contributed by atoms with Crippen LogP contribution in [0.1, 0.15) is 12.5 Å². The summed E-state index contributed by atoms with van der Waals surface area (Å²) in [6.07, 6.45) is -11.2. The Hall–Kier alpha value is -3.64. The molecule has 7 heterocycles. The van der Waals surface area contributed by atoms with Gasteiger partial charge >= 0.3 is 7.82 Å². The monoisotopic (exact) mass is 689 g/mol. The molecule has 7 rings (SSSR count). The Labute approximate surface area is 253 Å². The van der Waals surface area contributed by atoms with Crippen LogP contribution in [-0.4, -0.2) is 104 Å². The van der Waals surface area contributed by atoms with Crippen molar-refractivity contribution in [2.45, 2.75) is 49.1 Å². The van der Waals surface area contributed by atoms with Gasteiger partial charge in [-0.15, -0.1) is 0 Å². The number of aliphatic hydroxyl groups excluding tert-OH is 2. The standard InChI is InChI=1S/C20H24N10O14P2/c21-19-25-13-7(15(33)27-19)23-3-29(13)17-9(31)11-5(41-17)1-39-45(35,36)44-12-6(2-40-46(37,38)43-11)42-18(10(12)32)30-4-24-8-14(30)26-20(22)28-16(8)34/h3-6,9-12,17-18,31-32H,1-2H2,(H,35,36)(H,37,38)(H3,21,25,27,33)(H3,22,26,28,34)/p-1/t5-,6?,9-,10-,11-,12-,17-,18-/m1/s1. The highest BCUT2D eigenvalue weighted by atomic mass is 31.2. The summed E-state index contributed by atoms with van der Waals surface area (Å²) in [7, 11) is -10.5. The first-order valence-electron chi connectivity index (χ1n) is 13.1. The van der Waals surface area contributed by atoms with E-state index in [1.54, 1.807) is 0 Å². The third-order valence-electron chi connectivity index (χ3n) is 7.37. The molecule has 3 unspecified atom stereocenters. The predicted octanol–water partition coefficient (Wildman–Crippen LogP) is -3.68. The number of aromatic nitrogens is 8. The number of fused-ring (bicyclic) bond motifs is 4. The zero-order valence-electron chi connectivity index (χ0n) is 22.8. The highest BCUT2D eigenvalue weighted by molar-refractivity contribution is 7.47. The largest absolute Gasteiger partial charge is 0.756 e. The Morgan fingerprint density at radius 2 is 1.28 bits per heavy atom. The van der Waals surface area contributed by atoms with E-state index in [9.17, 15) is 38.7 Å². The molecule has 0 radical (unpaired) electrons. The number of phosphoric acid groups is 2. The summed E-state index contributed by atoms with van der Waals surface area (Å²) in [4.78, 5) is 68.2. The van der Waals surface area contributed by atoms with E-state index in [1.807, 2.05) is 0 Å². The number of phosphoric ester groups is 2. The van der Waals surface area contributed by atoms with Crippen LogP contribution < -0.4 is 27.5 Å². The molecule has 26 heteroatoms. The second-order valence-corrected chi connectivity index (χ2v) is 13.1. The number of anilines is 2. The fourth-order valence-corrected chi connectivity index (χ4v) is 7.30. The second-order valence-electron chi connectivity index (χ2n) is 10.3. The molecular weight excluding hydrogens is 666 g/mol. The van der Waals surface area contributed by atoms with Gasteiger partial charge in [-0.05, 0) is 0 Å². The number of nitrogens with zero attached hydrogens (tertiary/aromatic N) is 6. The van der Waals surface area contributed by atoms with Crippen molar-refractivity contribution in [3.63, 3.8) is 0 Å². The summed E-state index contributed by atoms with van der Waals surface area (Å²) in [5.74, 6) is -0.580. The number of aromatic amines is 2. The Morgan fingerprint density at radius 3 is 1.78 bits per heavy atom. The molecule has 0 amide bonds. The third-order valence-corrected chi connectivity index (χ3v) is 9.33. The van der Waals surface area contributed by atoms with Gasteiger partial charge in [0.05, 0.1) is 25.9 Å². The SMILES string of the molecule is Nc1nc2c(ncn2[C@@H]2O[C@@H]3COP(=O)([O-])O[C@@H]4C(COP(=O)(O)O[C@H]3[C@H]2O)O[C@@H](n2cnc3c(=O)[nH]c(N)nc32)[C@@H]4O)c(=O)[nH]1. The van der Waals surface area contributed by atoms with Gasteiger partial charge in [-0.2, -0.15) is 9.97 Å². The summed E-state index contributed by atoms with van der Waals surface area (Å²) < 4.78 is 60.1. The second kappa shape index (κ2) is 11.0. The number of aliphatic hydroxyl groups is 2. The van der Waals surface area contributed by atoms with E-state index in [4.69, 9.17) is 39.0 Å². The third kappa shape index (κ3) is 5.33. The number of nitrogen functional groups attached to an aromatic ring is 2. The number of nitrogens with one attached hydrogen (secondary N) is 2. The number of nitrogens with two attached hydrogens (primary N) is 2. The first-order chi connectivity index (χ1) is 21.7. The average Bonchev–Trinajstić information content (AvgIpc) is 3.72. The van der Waals surface area contributed by atoms with Crippen molar-refractivity contribution in [2.75, 3.05) is 24.7 Å². The van der Waals surface area contributed by atoms with Crippen molar-refractivity contribution in [2.24, 2.45) is 0 Å². The van der Waals surface area contributed by atoms with Crippen molar-refractivity contribution in [1.29, 1.82) is 0 Å². The normalized spacial score (nSPS) is 37.1. The van der Waals surface area contributed by atoms with E-state index < -0.39 is 89.1 Å². The Balaban J connectivity index is 1.18. The Morgan fingerprint density at radius 1 is 0.826 bits per heavy atom. The molecule has 10 atom stereocenters. The molecule has 0 spiro atoms. The number of rotatable bonds is 2. The van der Waals surface area contributed by atoms with E-state index in [0.717, 1.165) is 21.8 Å². The zero-order chi connectivity index (χ0) is 32.7. The molecule has 0 bridgehead atoms. The highest BCUT2D eigenvalue weighted by Gasteiger charge is 2.53. The van der Waals surface area contributed by atoms with Crippen molar-refractivity contribution >= 4 is 49.9 Å². The molecule has 46 heavy (non-hydrogen) atoms. The van der Waals surface area contributed by atoms with Crippen LogP contribution in [0.25, 0.3) is 22.3 Å². The van der Waals surface area contributed by atoms with Crippen molar-refractivity contribution < 1.29 is 56.7 Å². The van der Waals surface area contributed by atoms with Crippen LogP contribution in [0.5, 0.6) is 0 Å². The summed E-state index contributed by atoms with van der Waals surface area (Å²) in [5.41, 5.74) is 9.19. The number of hydrogen-bond acceptors (Lipinski definition) is 19. The zero-order valence-corrected chi connectivity index (χ0v) is 24.5. The Bertz CT molecular complexity index is 1900. The van der Waals surface area contributed by atoms with Crippen LogP contribution in [0.15, 0.2) is 22.2 Å². The lowest BCUT2D eigenvalue weighted by molar-refractivity contribution is -0.236. The molecule has 3 saturated heterocycles. The minimum absolute atomic E-state index is 0.133. The molecule has 3 aliphatic rings. The number of ether oxygens (including phenoxy) is 2. The lowest BCUT2D eigenvalue weighted by Gasteiger charge is -2.32. The van der Waals surface area contributed by atoms with Crippen LogP contribution in [0.3, 0.4) is 0 Å². The van der Waals surface area contributed by atoms with Gasteiger partial charge in [0.2, 0.25) is 11.9 Å². The van der Waals surface area contributed by atoms with Gasteiger partial charge < -0.3 is 50.0 Å². The van der Waals surface area contributed by atoms with Gasteiger partial charge in [-0.25, -0.2) is 14.5 Å². The minimum atomic E-state index is -5.35. The van der Waals surface area contributed by atoms with Gasteiger partial charge in [-0.3, -0.25) is 42.3 Å². The average molecular weight is 689 g/mol.